The largest absolute Gasteiger partial charge is 0.390 e. The van der Waals surface area contributed by atoms with Gasteiger partial charge in [-0.2, -0.15) is 0 Å². The predicted molar refractivity (Wildman–Crippen MR) is 55.7 cm³/mol. The Bertz CT molecular complexity index is 139. The lowest BCUT2D eigenvalue weighted by atomic mass is 9.88. The highest BCUT2D eigenvalue weighted by Gasteiger charge is 2.26. The van der Waals surface area contributed by atoms with Crippen molar-refractivity contribution in [3.63, 3.8) is 0 Å². The molecule has 0 spiro atoms. The van der Waals surface area contributed by atoms with Crippen molar-refractivity contribution in [2.24, 2.45) is 5.92 Å². The summed E-state index contributed by atoms with van der Waals surface area (Å²) in [5, 5.41) is 13.2. The minimum Gasteiger partial charge on any atom is -0.390 e. The topological polar surface area (TPSA) is 32.3 Å². The molecule has 1 aliphatic carbocycles. The van der Waals surface area contributed by atoms with Crippen LogP contribution in [-0.2, 0) is 0 Å². The first-order chi connectivity index (χ1) is 6.14. The zero-order chi connectivity index (χ0) is 9.73. The maximum absolute atomic E-state index is 10.1. The lowest BCUT2D eigenvalue weighted by molar-refractivity contribution is 0.0269. The van der Waals surface area contributed by atoms with Crippen LogP contribution in [0.5, 0.6) is 0 Å². The first-order valence-corrected chi connectivity index (χ1v) is 5.51. The fraction of sp³-hybridized carbons (Fsp3) is 1.00. The van der Waals surface area contributed by atoms with Crippen LogP contribution in [0.2, 0.25) is 0 Å². The molecule has 1 rings (SSSR count). The Kier molecular flexibility index (Phi) is 4.20. The van der Waals surface area contributed by atoms with Crippen molar-refractivity contribution in [2.45, 2.75) is 51.0 Å². The second-order valence-electron chi connectivity index (χ2n) is 4.71. The van der Waals surface area contributed by atoms with E-state index in [1.807, 2.05) is 14.0 Å². The summed E-state index contributed by atoms with van der Waals surface area (Å²) in [6.45, 7) is 2.89. The Morgan fingerprint density at radius 3 is 2.54 bits per heavy atom. The molecule has 2 nitrogen and oxygen atoms in total. The molecule has 0 radical (unpaired) electrons. The zero-order valence-corrected chi connectivity index (χ0v) is 8.97. The molecule has 2 N–H and O–H groups in total. The Morgan fingerprint density at radius 2 is 2.00 bits per heavy atom. The molecule has 2 heteroatoms. The van der Waals surface area contributed by atoms with Gasteiger partial charge in [0, 0.05) is 0 Å². The summed E-state index contributed by atoms with van der Waals surface area (Å²) < 4.78 is 0. The second kappa shape index (κ2) is 4.97. The van der Waals surface area contributed by atoms with E-state index in [9.17, 15) is 5.11 Å². The van der Waals surface area contributed by atoms with Crippen LogP contribution in [0.4, 0.5) is 0 Å². The molecule has 78 valence electrons. The standard InChI is InChI=1S/C11H23NO/c1-11(13,7-8-12-2)9-10-5-3-4-6-10/h10,12-13H,3-9H2,1-2H3. The van der Waals surface area contributed by atoms with Gasteiger partial charge in [-0.15, -0.1) is 0 Å². The van der Waals surface area contributed by atoms with E-state index in [0.29, 0.717) is 0 Å². The van der Waals surface area contributed by atoms with Gasteiger partial charge in [-0.1, -0.05) is 25.7 Å². The molecule has 0 aromatic rings. The van der Waals surface area contributed by atoms with Gasteiger partial charge in [0.15, 0.2) is 0 Å². The van der Waals surface area contributed by atoms with Crippen molar-refractivity contribution in [3.8, 4) is 0 Å². The van der Waals surface area contributed by atoms with Crippen molar-refractivity contribution in [3.05, 3.63) is 0 Å². The molecule has 1 aliphatic rings. The third kappa shape index (κ3) is 4.10. The average molecular weight is 185 g/mol. The summed E-state index contributed by atoms with van der Waals surface area (Å²) in [6.07, 6.45) is 7.26. The van der Waals surface area contributed by atoms with Crippen molar-refractivity contribution < 1.29 is 5.11 Å². The Labute approximate surface area is 81.7 Å². The lowest BCUT2D eigenvalue weighted by Gasteiger charge is -2.26. The number of hydrogen-bond donors (Lipinski definition) is 2. The van der Waals surface area contributed by atoms with Gasteiger partial charge in [-0.25, -0.2) is 0 Å². The minimum absolute atomic E-state index is 0.446. The van der Waals surface area contributed by atoms with Crippen LogP contribution in [0.3, 0.4) is 0 Å². The number of nitrogens with one attached hydrogen (secondary N) is 1. The summed E-state index contributed by atoms with van der Waals surface area (Å²) in [5.41, 5.74) is -0.446. The maximum Gasteiger partial charge on any atom is 0.0634 e. The molecule has 0 amide bonds. The summed E-state index contributed by atoms with van der Waals surface area (Å²) in [7, 11) is 1.94. The van der Waals surface area contributed by atoms with Gasteiger partial charge in [0.1, 0.15) is 0 Å². The van der Waals surface area contributed by atoms with Crippen LogP contribution in [0.1, 0.15) is 45.4 Å². The Hall–Kier alpha value is -0.0800. The van der Waals surface area contributed by atoms with Crippen LogP contribution in [0.15, 0.2) is 0 Å². The highest BCUT2D eigenvalue weighted by molar-refractivity contribution is 4.80. The SMILES string of the molecule is CNCCC(C)(O)CC1CCCC1. The molecule has 1 unspecified atom stereocenters. The molecule has 0 heterocycles. The molecule has 13 heavy (non-hydrogen) atoms. The Balaban J connectivity index is 2.23. The summed E-state index contributed by atoms with van der Waals surface area (Å²) in [6, 6.07) is 0. The third-order valence-electron chi connectivity index (χ3n) is 3.12. The minimum atomic E-state index is -0.446. The molecule has 0 aromatic heterocycles. The number of hydrogen-bond acceptors (Lipinski definition) is 2. The fourth-order valence-corrected chi connectivity index (χ4v) is 2.33. The van der Waals surface area contributed by atoms with Gasteiger partial charge >= 0.3 is 0 Å². The van der Waals surface area contributed by atoms with Crippen molar-refractivity contribution in [1.82, 2.24) is 5.32 Å². The van der Waals surface area contributed by atoms with Gasteiger partial charge in [0.2, 0.25) is 0 Å². The van der Waals surface area contributed by atoms with Crippen LogP contribution in [0.25, 0.3) is 0 Å². The summed E-state index contributed by atoms with van der Waals surface area (Å²) >= 11 is 0. The van der Waals surface area contributed by atoms with Gasteiger partial charge in [0.25, 0.3) is 0 Å². The maximum atomic E-state index is 10.1. The third-order valence-corrected chi connectivity index (χ3v) is 3.12. The van der Waals surface area contributed by atoms with Gasteiger partial charge < -0.3 is 10.4 Å². The predicted octanol–water partition coefficient (Wildman–Crippen LogP) is 1.93. The average Bonchev–Trinajstić information content (AvgIpc) is 2.52. The molecular formula is C11H23NO. The molecule has 0 aromatic carbocycles. The van der Waals surface area contributed by atoms with E-state index in [0.717, 1.165) is 25.3 Å². The Morgan fingerprint density at radius 1 is 1.38 bits per heavy atom. The quantitative estimate of drug-likeness (QED) is 0.686. The normalized spacial score (nSPS) is 23.3. The zero-order valence-electron chi connectivity index (χ0n) is 8.97. The number of aliphatic hydroxyl groups is 1. The molecule has 0 saturated heterocycles. The highest BCUT2D eigenvalue weighted by atomic mass is 16.3. The van der Waals surface area contributed by atoms with E-state index in [2.05, 4.69) is 5.32 Å². The summed E-state index contributed by atoms with van der Waals surface area (Å²) in [4.78, 5) is 0. The van der Waals surface area contributed by atoms with Gasteiger partial charge in [-0.05, 0) is 39.3 Å². The second-order valence-corrected chi connectivity index (χ2v) is 4.71. The van der Waals surface area contributed by atoms with Crippen molar-refractivity contribution in [2.75, 3.05) is 13.6 Å². The number of rotatable bonds is 5. The van der Waals surface area contributed by atoms with Crippen molar-refractivity contribution in [1.29, 1.82) is 0 Å². The van der Waals surface area contributed by atoms with Gasteiger partial charge in [-0.3, -0.25) is 0 Å². The van der Waals surface area contributed by atoms with Crippen LogP contribution < -0.4 is 5.32 Å². The molecule has 0 aliphatic heterocycles. The molecular weight excluding hydrogens is 162 g/mol. The molecule has 1 saturated carbocycles. The lowest BCUT2D eigenvalue weighted by Crippen LogP contribution is -2.30. The van der Waals surface area contributed by atoms with Crippen LogP contribution in [0, 0.1) is 5.92 Å². The first-order valence-electron chi connectivity index (χ1n) is 5.51. The monoisotopic (exact) mass is 185 g/mol. The van der Waals surface area contributed by atoms with E-state index >= 15 is 0 Å². The fourth-order valence-electron chi connectivity index (χ4n) is 2.33. The smallest absolute Gasteiger partial charge is 0.0634 e. The van der Waals surface area contributed by atoms with E-state index in [1.54, 1.807) is 0 Å². The summed E-state index contributed by atoms with van der Waals surface area (Å²) in [5.74, 6) is 0.784. The molecule has 0 bridgehead atoms. The first kappa shape index (κ1) is 11.0. The van der Waals surface area contributed by atoms with E-state index in [4.69, 9.17) is 0 Å². The van der Waals surface area contributed by atoms with Crippen LogP contribution >= 0.6 is 0 Å². The van der Waals surface area contributed by atoms with E-state index < -0.39 is 5.60 Å². The van der Waals surface area contributed by atoms with Gasteiger partial charge in [0.05, 0.1) is 5.60 Å². The van der Waals surface area contributed by atoms with E-state index in [-0.39, 0.29) is 0 Å². The molecule has 1 fully saturated rings. The van der Waals surface area contributed by atoms with Crippen molar-refractivity contribution >= 4 is 0 Å². The molecule has 1 atom stereocenters. The van der Waals surface area contributed by atoms with Crippen LogP contribution in [-0.4, -0.2) is 24.3 Å². The van der Waals surface area contributed by atoms with E-state index in [1.165, 1.54) is 25.7 Å². The highest BCUT2D eigenvalue weighted by Crippen LogP contribution is 2.32.